The third kappa shape index (κ3) is 1.61. The van der Waals surface area contributed by atoms with E-state index in [2.05, 4.69) is 5.32 Å². The molecule has 1 unspecified atom stereocenters. The van der Waals surface area contributed by atoms with Gasteiger partial charge in [-0.2, -0.15) is 0 Å². The van der Waals surface area contributed by atoms with Crippen molar-refractivity contribution in [1.82, 2.24) is 5.32 Å². The molecule has 0 saturated carbocycles. The predicted molar refractivity (Wildman–Crippen MR) is 43.8 cm³/mol. The maximum absolute atomic E-state index is 11.1. The van der Waals surface area contributed by atoms with Crippen molar-refractivity contribution in [1.29, 1.82) is 0 Å². The Morgan fingerprint density at radius 2 is 2.31 bits per heavy atom. The van der Waals surface area contributed by atoms with Crippen LogP contribution in [0.25, 0.3) is 0 Å². The minimum atomic E-state index is -0.206. The summed E-state index contributed by atoms with van der Waals surface area (Å²) in [7, 11) is 0. The average molecular weight is 179 g/mol. The standard InChI is InChI=1S/C9H9NO3/c11-7-3-8(10-9(12)4-7)6-1-2-13-5-6/h1-2,5,8H,3-4H2,(H,10,12). The normalized spacial score (nSPS) is 22.9. The topological polar surface area (TPSA) is 59.3 Å². The molecule has 1 saturated heterocycles. The van der Waals surface area contributed by atoms with Gasteiger partial charge >= 0.3 is 0 Å². The lowest BCUT2D eigenvalue weighted by Crippen LogP contribution is -2.36. The van der Waals surface area contributed by atoms with Gasteiger partial charge in [-0.3, -0.25) is 9.59 Å². The minimum absolute atomic E-state index is 0.00829. The van der Waals surface area contributed by atoms with E-state index in [4.69, 9.17) is 4.42 Å². The van der Waals surface area contributed by atoms with E-state index in [9.17, 15) is 9.59 Å². The zero-order chi connectivity index (χ0) is 9.26. The molecule has 4 heteroatoms. The van der Waals surface area contributed by atoms with Crippen molar-refractivity contribution in [3.63, 3.8) is 0 Å². The van der Waals surface area contributed by atoms with Gasteiger partial charge in [0.2, 0.25) is 5.91 Å². The molecule has 0 spiro atoms. The SMILES string of the molecule is O=C1CC(=O)NC(c2ccoc2)C1. The number of carbonyl (C=O) groups is 2. The van der Waals surface area contributed by atoms with Gasteiger partial charge in [-0.25, -0.2) is 0 Å². The van der Waals surface area contributed by atoms with Gasteiger partial charge in [0.25, 0.3) is 0 Å². The van der Waals surface area contributed by atoms with Crippen molar-refractivity contribution in [2.24, 2.45) is 0 Å². The van der Waals surface area contributed by atoms with E-state index in [0.717, 1.165) is 5.56 Å². The summed E-state index contributed by atoms with van der Waals surface area (Å²) >= 11 is 0. The predicted octanol–water partition coefficient (Wildman–Crippen LogP) is 0.800. The van der Waals surface area contributed by atoms with E-state index in [0.29, 0.717) is 6.42 Å². The lowest BCUT2D eigenvalue weighted by molar-refractivity contribution is -0.132. The second-order valence-corrected chi connectivity index (χ2v) is 3.10. The van der Waals surface area contributed by atoms with E-state index in [-0.39, 0.29) is 24.2 Å². The van der Waals surface area contributed by atoms with E-state index < -0.39 is 0 Å². The van der Waals surface area contributed by atoms with Crippen LogP contribution >= 0.6 is 0 Å². The molecule has 0 aromatic carbocycles. The van der Waals surface area contributed by atoms with Crippen molar-refractivity contribution in [3.05, 3.63) is 24.2 Å². The summed E-state index contributed by atoms with van der Waals surface area (Å²) in [5, 5.41) is 2.73. The maximum atomic E-state index is 11.1. The molecular formula is C9H9NO3. The van der Waals surface area contributed by atoms with Crippen LogP contribution in [0.4, 0.5) is 0 Å². The zero-order valence-electron chi connectivity index (χ0n) is 6.95. The van der Waals surface area contributed by atoms with Gasteiger partial charge in [-0.15, -0.1) is 0 Å². The monoisotopic (exact) mass is 179 g/mol. The van der Waals surface area contributed by atoms with Gasteiger partial charge in [0.1, 0.15) is 5.78 Å². The highest BCUT2D eigenvalue weighted by atomic mass is 16.3. The molecule has 1 N–H and O–H groups in total. The molecule has 1 fully saturated rings. The van der Waals surface area contributed by atoms with Gasteiger partial charge in [0.15, 0.2) is 0 Å². The number of ketones is 1. The van der Waals surface area contributed by atoms with Crippen LogP contribution in [0.1, 0.15) is 24.4 Å². The van der Waals surface area contributed by atoms with Gasteiger partial charge in [0.05, 0.1) is 25.0 Å². The molecule has 4 nitrogen and oxygen atoms in total. The number of amides is 1. The number of furan rings is 1. The summed E-state index contributed by atoms with van der Waals surface area (Å²) in [4.78, 5) is 22.1. The Balaban J connectivity index is 2.16. The van der Waals surface area contributed by atoms with Crippen LogP contribution in [-0.2, 0) is 9.59 Å². The minimum Gasteiger partial charge on any atom is -0.472 e. The maximum Gasteiger partial charge on any atom is 0.227 e. The molecule has 2 heterocycles. The van der Waals surface area contributed by atoms with Gasteiger partial charge in [0, 0.05) is 12.0 Å². The lowest BCUT2D eigenvalue weighted by atomic mass is 9.98. The van der Waals surface area contributed by atoms with Gasteiger partial charge < -0.3 is 9.73 Å². The molecule has 13 heavy (non-hydrogen) atoms. The van der Waals surface area contributed by atoms with Crippen molar-refractivity contribution in [2.45, 2.75) is 18.9 Å². The highest BCUT2D eigenvalue weighted by molar-refractivity contribution is 6.00. The van der Waals surface area contributed by atoms with Crippen molar-refractivity contribution < 1.29 is 14.0 Å². The van der Waals surface area contributed by atoms with E-state index in [1.54, 1.807) is 12.3 Å². The van der Waals surface area contributed by atoms with Gasteiger partial charge in [-0.1, -0.05) is 0 Å². The molecule has 0 radical (unpaired) electrons. The lowest BCUT2D eigenvalue weighted by Gasteiger charge is -2.20. The van der Waals surface area contributed by atoms with Gasteiger partial charge in [-0.05, 0) is 6.07 Å². The van der Waals surface area contributed by atoms with Crippen LogP contribution in [0.5, 0.6) is 0 Å². The molecule has 1 aliphatic heterocycles. The van der Waals surface area contributed by atoms with Crippen LogP contribution in [0.2, 0.25) is 0 Å². The smallest absolute Gasteiger partial charge is 0.227 e. The fraction of sp³-hybridized carbons (Fsp3) is 0.333. The number of piperidine rings is 1. The van der Waals surface area contributed by atoms with Crippen LogP contribution in [0.3, 0.4) is 0 Å². The first kappa shape index (κ1) is 8.04. The Hall–Kier alpha value is -1.58. The Labute approximate surface area is 74.9 Å². The number of hydrogen-bond acceptors (Lipinski definition) is 3. The Morgan fingerprint density at radius 1 is 1.46 bits per heavy atom. The highest BCUT2D eigenvalue weighted by Gasteiger charge is 2.25. The summed E-state index contributed by atoms with van der Waals surface area (Å²) in [6, 6.07) is 1.55. The van der Waals surface area contributed by atoms with Crippen molar-refractivity contribution >= 4 is 11.7 Å². The summed E-state index contributed by atoms with van der Waals surface area (Å²) in [5.41, 5.74) is 0.849. The first-order valence-electron chi connectivity index (χ1n) is 4.09. The fourth-order valence-corrected chi connectivity index (χ4v) is 1.45. The Kier molecular flexibility index (Phi) is 1.88. The Morgan fingerprint density at radius 3 is 2.92 bits per heavy atom. The summed E-state index contributed by atoms with van der Waals surface area (Å²) in [6.07, 6.45) is 3.45. The van der Waals surface area contributed by atoms with Crippen LogP contribution in [0, 0.1) is 0 Å². The summed E-state index contributed by atoms with van der Waals surface area (Å²) in [6.45, 7) is 0. The van der Waals surface area contributed by atoms with Crippen LogP contribution < -0.4 is 5.32 Å². The van der Waals surface area contributed by atoms with E-state index in [1.165, 1.54) is 6.26 Å². The molecule has 1 amide bonds. The molecule has 0 aliphatic carbocycles. The van der Waals surface area contributed by atoms with Crippen LogP contribution in [0.15, 0.2) is 23.0 Å². The third-order valence-corrected chi connectivity index (χ3v) is 2.07. The Bertz CT molecular complexity index is 313. The summed E-state index contributed by atoms with van der Waals surface area (Å²) in [5.74, 6) is -0.225. The molecule has 1 aromatic rings. The quantitative estimate of drug-likeness (QED) is 0.648. The third-order valence-electron chi connectivity index (χ3n) is 2.07. The van der Waals surface area contributed by atoms with E-state index >= 15 is 0 Å². The molecule has 68 valence electrons. The number of carbonyl (C=O) groups excluding carboxylic acids is 2. The molecule has 1 atom stereocenters. The van der Waals surface area contributed by atoms with E-state index in [1.807, 2.05) is 0 Å². The molecular weight excluding hydrogens is 170 g/mol. The zero-order valence-corrected chi connectivity index (χ0v) is 6.95. The number of nitrogens with one attached hydrogen (secondary N) is 1. The number of hydrogen-bond donors (Lipinski definition) is 1. The summed E-state index contributed by atoms with van der Waals surface area (Å²) < 4.78 is 4.88. The van der Waals surface area contributed by atoms with Crippen LogP contribution in [-0.4, -0.2) is 11.7 Å². The number of rotatable bonds is 1. The number of Topliss-reactive ketones (excluding diaryl/α,β-unsaturated/α-hetero) is 1. The first-order valence-corrected chi connectivity index (χ1v) is 4.09. The second-order valence-electron chi connectivity index (χ2n) is 3.10. The largest absolute Gasteiger partial charge is 0.472 e. The highest BCUT2D eigenvalue weighted by Crippen LogP contribution is 2.21. The van der Waals surface area contributed by atoms with Crippen molar-refractivity contribution in [3.8, 4) is 0 Å². The molecule has 2 rings (SSSR count). The molecule has 1 aliphatic rings. The first-order chi connectivity index (χ1) is 6.25. The second kappa shape index (κ2) is 3.05. The molecule has 1 aromatic heterocycles. The molecule has 0 bridgehead atoms. The van der Waals surface area contributed by atoms with Crippen molar-refractivity contribution in [2.75, 3.05) is 0 Å². The fourth-order valence-electron chi connectivity index (χ4n) is 1.45. The average Bonchev–Trinajstić information content (AvgIpc) is 2.53.